The van der Waals surface area contributed by atoms with E-state index in [2.05, 4.69) is 45.0 Å². The van der Waals surface area contributed by atoms with Crippen molar-refractivity contribution in [3.05, 3.63) is 62.5 Å². The third kappa shape index (κ3) is 3.60. The lowest BCUT2D eigenvalue weighted by Crippen LogP contribution is -2.32. The number of nitrogen functional groups attached to an aromatic ring is 1. The van der Waals surface area contributed by atoms with Gasteiger partial charge >= 0.3 is 0 Å². The van der Waals surface area contributed by atoms with Crippen molar-refractivity contribution in [2.45, 2.75) is 59.3 Å². The predicted octanol–water partition coefficient (Wildman–Crippen LogP) is 4.50. The molecule has 2 aromatic heterocycles. The average Bonchev–Trinajstić information content (AvgIpc) is 3.03. The Bertz CT molecular complexity index is 1040. The number of hydrogen-bond donors (Lipinski definition) is 1. The van der Waals surface area contributed by atoms with Gasteiger partial charge in [-0.3, -0.25) is 4.79 Å². The molecule has 0 bridgehead atoms. The summed E-state index contributed by atoms with van der Waals surface area (Å²) in [5.74, 6) is 7.51. The van der Waals surface area contributed by atoms with E-state index in [0.29, 0.717) is 18.2 Å². The Hall–Kier alpha value is -2.14. The zero-order valence-corrected chi connectivity index (χ0v) is 17.8. The summed E-state index contributed by atoms with van der Waals surface area (Å²) < 4.78 is 1.29. The minimum absolute atomic E-state index is 0.0774. The summed E-state index contributed by atoms with van der Waals surface area (Å²) in [5, 5.41) is 0.765. The molecule has 1 aliphatic rings. The number of rotatable bonds is 4. The first-order valence-electron chi connectivity index (χ1n) is 10.2. The van der Waals surface area contributed by atoms with E-state index >= 15 is 0 Å². The molecule has 2 heterocycles. The van der Waals surface area contributed by atoms with Crippen LogP contribution < -0.4 is 11.4 Å². The maximum atomic E-state index is 13.0. The Labute approximate surface area is 170 Å². The lowest BCUT2D eigenvalue weighted by molar-refractivity contribution is 0.218. The van der Waals surface area contributed by atoms with Crippen molar-refractivity contribution in [2.75, 3.05) is 5.84 Å². The SMILES string of the molecule is CC(C)(C)[C@@H]1CCc2c(sc3nc(CCCc4ccccc4)n(N)c(=O)c23)C1. The van der Waals surface area contributed by atoms with Gasteiger partial charge in [-0.25, -0.2) is 9.66 Å². The van der Waals surface area contributed by atoms with E-state index in [-0.39, 0.29) is 11.0 Å². The fraction of sp³-hybridized carbons (Fsp3) is 0.478. The Kier molecular flexibility index (Phi) is 5.04. The molecule has 2 N–H and O–H groups in total. The zero-order valence-electron chi connectivity index (χ0n) is 17.0. The van der Waals surface area contributed by atoms with E-state index in [4.69, 9.17) is 10.8 Å². The molecular weight excluding hydrogens is 366 g/mol. The first-order valence-corrected chi connectivity index (χ1v) is 11.0. The van der Waals surface area contributed by atoms with Gasteiger partial charge in [-0.05, 0) is 54.6 Å². The summed E-state index contributed by atoms with van der Waals surface area (Å²) >= 11 is 1.71. The molecule has 1 aromatic carbocycles. The van der Waals surface area contributed by atoms with Gasteiger partial charge in [0.15, 0.2) is 0 Å². The summed E-state index contributed by atoms with van der Waals surface area (Å²) in [6.07, 6.45) is 5.74. The van der Waals surface area contributed by atoms with Crippen LogP contribution in [0.2, 0.25) is 0 Å². The second-order valence-corrected chi connectivity index (χ2v) is 10.1. The number of hydrogen-bond acceptors (Lipinski definition) is 4. The highest BCUT2D eigenvalue weighted by atomic mass is 32.1. The highest BCUT2D eigenvalue weighted by Gasteiger charge is 2.32. The maximum absolute atomic E-state index is 13.0. The van der Waals surface area contributed by atoms with Crippen molar-refractivity contribution in [3.63, 3.8) is 0 Å². The van der Waals surface area contributed by atoms with Gasteiger partial charge in [-0.1, -0.05) is 51.1 Å². The number of fused-ring (bicyclic) bond motifs is 3. The summed E-state index contributed by atoms with van der Waals surface area (Å²) in [6, 6.07) is 10.4. The minimum Gasteiger partial charge on any atom is -0.335 e. The van der Waals surface area contributed by atoms with Gasteiger partial charge in [-0.2, -0.15) is 0 Å². The van der Waals surface area contributed by atoms with Gasteiger partial charge in [0.05, 0.1) is 5.39 Å². The quantitative estimate of drug-likeness (QED) is 0.662. The lowest BCUT2D eigenvalue weighted by Gasteiger charge is -2.33. The number of nitrogens with two attached hydrogens (primary N) is 1. The highest BCUT2D eigenvalue weighted by molar-refractivity contribution is 7.18. The molecule has 0 radical (unpaired) electrons. The summed E-state index contributed by atoms with van der Waals surface area (Å²) in [6.45, 7) is 6.93. The Morgan fingerprint density at radius 2 is 1.96 bits per heavy atom. The monoisotopic (exact) mass is 395 g/mol. The number of aromatic nitrogens is 2. The number of benzene rings is 1. The summed E-state index contributed by atoms with van der Waals surface area (Å²) in [4.78, 5) is 20.0. The molecule has 1 atom stereocenters. The number of nitrogens with zero attached hydrogens (tertiary/aromatic N) is 2. The van der Waals surface area contributed by atoms with Gasteiger partial charge in [0, 0.05) is 11.3 Å². The molecule has 0 unspecified atom stereocenters. The third-order valence-electron chi connectivity index (χ3n) is 6.12. The molecule has 0 fully saturated rings. The number of aryl methyl sites for hydroxylation is 3. The molecule has 4 rings (SSSR count). The van der Waals surface area contributed by atoms with Gasteiger partial charge < -0.3 is 5.84 Å². The molecular formula is C23H29N3OS. The second kappa shape index (κ2) is 7.36. The molecule has 1 aliphatic carbocycles. The molecule has 5 heteroatoms. The van der Waals surface area contributed by atoms with Crippen molar-refractivity contribution < 1.29 is 0 Å². The molecule has 4 nitrogen and oxygen atoms in total. The van der Waals surface area contributed by atoms with Gasteiger partial charge in [0.1, 0.15) is 10.7 Å². The molecule has 0 spiro atoms. The van der Waals surface area contributed by atoms with Crippen LogP contribution in [-0.2, 0) is 25.7 Å². The van der Waals surface area contributed by atoms with E-state index < -0.39 is 0 Å². The van der Waals surface area contributed by atoms with E-state index in [1.807, 2.05) is 6.07 Å². The fourth-order valence-corrected chi connectivity index (χ4v) is 5.60. The topological polar surface area (TPSA) is 60.9 Å². The fourth-order valence-electron chi connectivity index (χ4n) is 4.29. The van der Waals surface area contributed by atoms with Crippen LogP contribution in [0.15, 0.2) is 35.1 Å². The third-order valence-corrected chi connectivity index (χ3v) is 7.27. The predicted molar refractivity (Wildman–Crippen MR) is 117 cm³/mol. The zero-order chi connectivity index (χ0) is 19.9. The van der Waals surface area contributed by atoms with Crippen LogP contribution in [0, 0.1) is 11.3 Å². The van der Waals surface area contributed by atoms with E-state index in [1.54, 1.807) is 11.3 Å². The molecule has 0 aliphatic heterocycles. The molecule has 148 valence electrons. The standard InChI is InChI=1S/C23H29N3OS/c1-23(2,3)16-12-13-17-18(14-16)28-21-20(17)22(27)26(24)19(25-21)11-7-10-15-8-5-4-6-9-15/h4-6,8-9,16H,7,10-14,24H2,1-3H3/t16-/m1/s1. The van der Waals surface area contributed by atoms with Crippen LogP contribution in [0.25, 0.3) is 10.2 Å². The van der Waals surface area contributed by atoms with Crippen molar-refractivity contribution in [1.82, 2.24) is 9.66 Å². The normalized spacial score (nSPS) is 17.0. The Morgan fingerprint density at radius 1 is 1.21 bits per heavy atom. The average molecular weight is 396 g/mol. The molecule has 3 aromatic rings. The first-order chi connectivity index (χ1) is 13.3. The Morgan fingerprint density at radius 3 is 2.68 bits per heavy atom. The van der Waals surface area contributed by atoms with Crippen LogP contribution in [0.3, 0.4) is 0 Å². The van der Waals surface area contributed by atoms with Crippen molar-refractivity contribution >= 4 is 21.6 Å². The molecule has 0 amide bonds. The lowest BCUT2D eigenvalue weighted by atomic mass is 9.72. The largest absolute Gasteiger partial charge is 0.335 e. The van der Waals surface area contributed by atoms with Crippen LogP contribution in [-0.4, -0.2) is 9.66 Å². The van der Waals surface area contributed by atoms with Crippen molar-refractivity contribution in [2.24, 2.45) is 11.3 Å². The summed E-state index contributed by atoms with van der Waals surface area (Å²) in [5.41, 5.74) is 2.71. The number of thiophene rings is 1. The van der Waals surface area contributed by atoms with Crippen LogP contribution in [0.4, 0.5) is 0 Å². The van der Waals surface area contributed by atoms with E-state index in [0.717, 1.165) is 42.3 Å². The maximum Gasteiger partial charge on any atom is 0.280 e. The van der Waals surface area contributed by atoms with Gasteiger partial charge in [0.2, 0.25) is 0 Å². The van der Waals surface area contributed by atoms with E-state index in [9.17, 15) is 4.79 Å². The van der Waals surface area contributed by atoms with Gasteiger partial charge in [-0.15, -0.1) is 11.3 Å². The van der Waals surface area contributed by atoms with Crippen molar-refractivity contribution in [3.8, 4) is 0 Å². The van der Waals surface area contributed by atoms with Gasteiger partial charge in [0.25, 0.3) is 5.56 Å². The highest BCUT2D eigenvalue weighted by Crippen LogP contribution is 2.42. The molecule has 0 saturated heterocycles. The summed E-state index contributed by atoms with van der Waals surface area (Å²) in [7, 11) is 0. The smallest absolute Gasteiger partial charge is 0.280 e. The second-order valence-electron chi connectivity index (χ2n) is 9.03. The minimum atomic E-state index is -0.0774. The molecule has 28 heavy (non-hydrogen) atoms. The van der Waals surface area contributed by atoms with Crippen LogP contribution in [0.5, 0.6) is 0 Å². The first kappa shape index (κ1) is 19.2. The van der Waals surface area contributed by atoms with Crippen LogP contribution in [0.1, 0.15) is 55.4 Å². The van der Waals surface area contributed by atoms with E-state index in [1.165, 1.54) is 20.7 Å². The molecule has 0 saturated carbocycles. The van der Waals surface area contributed by atoms with Crippen molar-refractivity contribution in [1.29, 1.82) is 0 Å². The van der Waals surface area contributed by atoms with Crippen LogP contribution >= 0.6 is 11.3 Å². The Balaban J connectivity index is 1.60.